The van der Waals surface area contributed by atoms with Crippen LogP contribution in [0.1, 0.15) is 17.2 Å². The van der Waals surface area contributed by atoms with Gasteiger partial charge in [0.25, 0.3) is 0 Å². The zero-order valence-electron chi connectivity index (χ0n) is 8.89. The van der Waals surface area contributed by atoms with Crippen molar-refractivity contribution in [3.8, 4) is 0 Å². The summed E-state index contributed by atoms with van der Waals surface area (Å²) in [5.74, 6) is 0. The minimum absolute atomic E-state index is 0.124. The third-order valence-electron chi connectivity index (χ3n) is 2.38. The number of benzene rings is 1. The number of aromatic nitrogens is 2. The van der Waals surface area contributed by atoms with Gasteiger partial charge in [0.15, 0.2) is 0 Å². The Hall–Kier alpha value is -1.26. The van der Waals surface area contributed by atoms with E-state index in [1.807, 2.05) is 31.6 Å². The Morgan fingerprint density at radius 2 is 1.94 bits per heavy atom. The summed E-state index contributed by atoms with van der Waals surface area (Å²) in [6.45, 7) is 0. The van der Waals surface area contributed by atoms with Crippen LogP contribution in [-0.4, -0.2) is 17.0 Å². The minimum atomic E-state index is 0.124. The van der Waals surface area contributed by atoms with Gasteiger partial charge in [0.1, 0.15) is 6.33 Å². The Balaban J connectivity index is 2.37. The molecule has 82 valence electrons. The van der Waals surface area contributed by atoms with E-state index in [1.54, 1.807) is 0 Å². The molecule has 0 spiro atoms. The van der Waals surface area contributed by atoms with Crippen LogP contribution in [0.3, 0.4) is 0 Å². The van der Waals surface area contributed by atoms with Gasteiger partial charge < -0.3 is 5.32 Å². The van der Waals surface area contributed by atoms with Gasteiger partial charge in [-0.1, -0.05) is 28.1 Å². The molecular weight excluding hydrogens is 266 g/mol. The van der Waals surface area contributed by atoms with E-state index in [2.05, 4.69) is 43.3 Å². The van der Waals surface area contributed by atoms with Gasteiger partial charge in [0, 0.05) is 22.4 Å². The van der Waals surface area contributed by atoms with Crippen molar-refractivity contribution in [2.24, 2.45) is 0 Å². The van der Waals surface area contributed by atoms with Crippen molar-refractivity contribution >= 4 is 15.9 Å². The molecule has 0 saturated carbocycles. The quantitative estimate of drug-likeness (QED) is 0.937. The lowest BCUT2D eigenvalue weighted by molar-refractivity contribution is 0.684. The molecule has 0 fully saturated rings. The highest BCUT2D eigenvalue weighted by Gasteiger charge is 2.12. The van der Waals surface area contributed by atoms with E-state index >= 15 is 0 Å². The zero-order valence-corrected chi connectivity index (χ0v) is 10.5. The molecule has 0 saturated heterocycles. The molecule has 1 atom stereocenters. The molecule has 1 heterocycles. The molecule has 2 aromatic rings. The minimum Gasteiger partial charge on any atom is -0.309 e. The first kappa shape index (κ1) is 11.2. The predicted molar refractivity (Wildman–Crippen MR) is 67.1 cm³/mol. The topological polar surface area (TPSA) is 37.8 Å². The van der Waals surface area contributed by atoms with Gasteiger partial charge in [-0.05, 0) is 24.7 Å². The summed E-state index contributed by atoms with van der Waals surface area (Å²) < 4.78 is 1.07. The van der Waals surface area contributed by atoms with Crippen molar-refractivity contribution < 1.29 is 0 Å². The van der Waals surface area contributed by atoms with Crippen molar-refractivity contribution in [3.05, 3.63) is 58.6 Å². The Kier molecular flexibility index (Phi) is 3.64. The molecule has 1 unspecified atom stereocenters. The highest BCUT2D eigenvalue weighted by molar-refractivity contribution is 9.10. The molecule has 0 bridgehead atoms. The first-order valence-electron chi connectivity index (χ1n) is 4.99. The number of rotatable bonds is 3. The van der Waals surface area contributed by atoms with E-state index in [9.17, 15) is 0 Å². The second-order valence-electron chi connectivity index (χ2n) is 3.45. The molecule has 1 aromatic heterocycles. The third kappa shape index (κ3) is 2.46. The smallest absolute Gasteiger partial charge is 0.115 e. The predicted octanol–water partition coefficient (Wildman–Crippen LogP) is 2.55. The zero-order chi connectivity index (χ0) is 11.4. The largest absolute Gasteiger partial charge is 0.309 e. The summed E-state index contributed by atoms with van der Waals surface area (Å²) in [7, 11) is 1.93. The van der Waals surface area contributed by atoms with Crippen LogP contribution >= 0.6 is 15.9 Å². The lowest BCUT2D eigenvalue weighted by atomic mass is 10.0. The molecule has 2 rings (SSSR count). The lowest BCUT2D eigenvalue weighted by Gasteiger charge is -2.16. The van der Waals surface area contributed by atoms with E-state index in [0.29, 0.717) is 0 Å². The van der Waals surface area contributed by atoms with Crippen LogP contribution in [0, 0.1) is 0 Å². The molecule has 16 heavy (non-hydrogen) atoms. The normalized spacial score (nSPS) is 12.4. The molecule has 0 amide bonds. The van der Waals surface area contributed by atoms with Crippen LogP contribution in [0.25, 0.3) is 0 Å². The van der Waals surface area contributed by atoms with E-state index in [0.717, 1.165) is 10.0 Å². The fourth-order valence-corrected chi connectivity index (χ4v) is 2.09. The summed E-state index contributed by atoms with van der Waals surface area (Å²) in [6.07, 6.45) is 5.20. The number of hydrogen-bond acceptors (Lipinski definition) is 3. The van der Waals surface area contributed by atoms with Gasteiger partial charge in [0.2, 0.25) is 0 Å². The maximum Gasteiger partial charge on any atom is 0.115 e. The summed E-state index contributed by atoms with van der Waals surface area (Å²) in [4.78, 5) is 8.08. The first-order chi connectivity index (χ1) is 7.81. The SMILES string of the molecule is CNC(c1cncnc1)c1cccc(Br)c1. The Bertz CT molecular complexity index is 459. The maximum atomic E-state index is 4.04. The Labute approximate surface area is 103 Å². The lowest BCUT2D eigenvalue weighted by Crippen LogP contribution is -2.17. The molecule has 3 nitrogen and oxygen atoms in total. The summed E-state index contributed by atoms with van der Waals surface area (Å²) in [5.41, 5.74) is 2.25. The highest BCUT2D eigenvalue weighted by atomic mass is 79.9. The summed E-state index contributed by atoms with van der Waals surface area (Å²) in [6, 6.07) is 8.33. The average molecular weight is 278 g/mol. The number of halogens is 1. The van der Waals surface area contributed by atoms with Crippen LogP contribution < -0.4 is 5.32 Å². The number of hydrogen-bond donors (Lipinski definition) is 1. The fourth-order valence-electron chi connectivity index (χ4n) is 1.67. The van der Waals surface area contributed by atoms with Gasteiger partial charge in [-0.2, -0.15) is 0 Å². The number of nitrogens with one attached hydrogen (secondary N) is 1. The van der Waals surface area contributed by atoms with E-state index < -0.39 is 0 Å². The van der Waals surface area contributed by atoms with Crippen molar-refractivity contribution in [2.45, 2.75) is 6.04 Å². The Morgan fingerprint density at radius 1 is 1.19 bits per heavy atom. The molecular formula is C12H12BrN3. The van der Waals surface area contributed by atoms with Crippen LogP contribution in [0.4, 0.5) is 0 Å². The monoisotopic (exact) mass is 277 g/mol. The van der Waals surface area contributed by atoms with Crippen LogP contribution in [0.5, 0.6) is 0 Å². The van der Waals surface area contributed by atoms with Gasteiger partial charge in [-0.15, -0.1) is 0 Å². The van der Waals surface area contributed by atoms with Crippen molar-refractivity contribution in [1.29, 1.82) is 0 Å². The molecule has 0 aliphatic heterocycles. The summed E-state index contributed by atoms with van der Waals surface area (Å²) in [5, 5.41) is 3.26. The molecule has 1 aromatic carbocycles. The molecule has 0 aliphatic rings. The first-order valence-corrected chi connectivity index (χ1v) is 5.78. The van der Waals surface area contributed by atoms with E-state index in [4.69, 9.17) is 0 Å². The van der Waals surface area contributed by atoms with Gasteiger partial charge >= 0.3 is 0 Å². The van der Waals surface area contributed by atoms with Gasteiger partial charge in [-0.25, -0.2) is 9.97 Å². The van der Waals surface area contributed by atoms with Crippen molar-refractivity contribution in [3.63, 3.8) is 0 Å². The fraction of sp³-hybridized carbons (Fsp3) is 0.167. The number of nitrogens with zero attached hydrogens (tertiary/aromatic N) is 2. The standard InChI is InChI=1S/C12H12BrN3/c1-14-12(10-6-15-8-16-7-10)9-3-2-4-11(13)5-9/h2-8,12,14H,1H3. The average Bonchev–Trinajstić information content (AvgIpc) is 2.31. The van der Waals surface area contributed by atoms with E-state index in [1.165, 1.54) is 11.9 Å². The molecule has 0 aliphatic carbocycles. The van der Waals surface area contributed by atoms with Crippen molar-refractivity contribution in [2.75, 3.05) is 7.05 Å². The van der Waals surface area contributed by atoms with E-state index in [-0.39, 0.29) is 6.04 Å². The Morgan fingerprint density at radius 3 is 2.56 bits per heavy atom. The molecule has 1 N–H and O–H groups in total. The highest BCUT2D eigenvalue weighted by Crippen LogP contribution is 2.22. The van der Waals surface area contributed by atoms with Crippen LogP contribution in [0.15, 0.2) is 47.5 Å². The molecule has 0 radical (unpaired) electrons. The second kappa shape index (κ2) is 5.18. The van der Waals surface area contributed by atoms with Crippen LogP contribution in [0.2, 0.25) is 0 Å². The van der Waals surface area contributed by atoms with Crippen LogP contribution in [-0.2, 0) is 0 Å². The van der Waals surface area contributed by atoms with Gasteiger partial charge in [0.05, 0.1) is 6.04 Å². The molecule has 4 heteroatoms. The summed E-state index contributed by atoms with van der Waals surface area (Å²) >= 11 is 3.47. The maximum absolute atomic E-state index is 4.04. The van der Waals surface area contributed by atoms with Crippen molar-refractivity contribution in [1.82, 2.24) is 15.3 Å². The van der Waals surface area contributed by atoms with Gasteiger partial charge in [-0.3, -0.25) is 0 Å². The third-order valence-corrected chi connectivity index (χ3v) is 2.88. The second-order valence-corrected chi connectivity index (χ2v) is 4.36.